The fourth-order valence-electron chi connectivity index (χ4n) is 5.34. The molecule has 3 aliphatic rings. The fourth-order valence-corrected chi connectivity index (χ4v) is 6.17. The third-order valence-electron chi connectivity index (χ3n) is 7.06. The summed E-state index contributed by atoms with van der Waals surface area (Å²) in [5, 5.41) is 13.6. The molecule has 1 fully saturated rings. The van der Waals surface area contributed by atoms with Crippen molar-refractivity contribution in [2.75, 3.05) is 20.1 Å². The molecule has 0 amide bonds. The van der Waals surface area contributed by atoms with Gasteiger partial charge in [-0.3, -0.25) is 0 Å². The molecular formula is C25H31N3OS. The highest BCUT2D eigenvalue weighted by Crippen LogP contribution is 2.51. The summed E-state index contributed by atoms with van der Waals surface area (Å²) in [6.45, 7) is 1.97. The number of hydrogen-bond donors (Lipinski definition) is 2. The van der Waals surface area contributed by atoms with Crippen LogP contribution in [0.1, 0.15) is 42.8 Å². The molecule has 2 aromatic heterocycles. The maximum Gasteiger partial charge on any atom is 0.107 e. The second kappa shape index (κ2) is 8.29. The molecule has 3 aliphatic carbocycles. The van der Waals surface area contributed by atoms with Gasteiger partial charge < -0.3 is 15.0 Å². The van der Waals surface area contributed by atoms with E-state index in [9.17, 15) is 5.11 Å². The lowest BCUT2D eigenvalue weighted by molar-refractivity contribution is -0.0574. The molecule has 3 atom stereocenters. The minimum absolute atomic E-state index is 0.309. The normalized spacial score (nSPS) is 25.9. The number of aromatic amines is 1. The van der Waals surface area contributed by atoms with Gasteiger partial charge in [-0.2, -0.15) is 0 Å². The number of nitrogens with zero attached hydrogens (tertiary/aromatic N) is 2. The Labute approximate surface area is 182 Å². The van der Waals surface area contributed by atoms with Gasteiger partial charge in [0.1, 0.15) is 5.82 Å². The van der Waals surface area contributed by atoms with Gasteiger partial charge in [0, 0.05) is 23.8 Å². The molecule has 2 heterocycles. The Bertz CT molecular complexity index is 991. The van der Waals surface area contributed by atoms with Gasteiger partial charge in [0.05, 0.1) is 16.6 Å². The molecule has 5 heteroatoms. The zero-order chi connectivity index (χ0) is 20.6. The van der Waals surface area contributed by atoms with E-state index >= 15 is 0 Å². The van der Waals surface area contributed by atoms with Gasteiger partial charge in [0.15, 0.2) is 0 Å². The molecule has 2 bridgehead atoms. The van der Waals surface area contributed by atoms with Crippen LogP contribution in [-0.4, -0.2) is 45.7 Å². The zero-order valence-corrected chi connectivity index (χ0v) is 18.5. The van der Waals surface area contributed by atoms with Gasteiger partial charge in [-0.15, -0.1) is 11.3 Å². The number of aryl methyl sites for hydroxylation is 1. The maximum atomic E-state index is 11.4. The van der Waals surface area contributed by atoms with Crippen molar-refractivity contribution in [2.45, 2.75) is 44.1 Å². The number of nitrogens with one attached hydrogen (secondary N) is 1. The number of hydrogen-bond acceptors (Lipinski definition) is 4. The Morgan fingerprint density at radius 3 is 2.87 bits per heavy atom. The number of fused-ring (bicyclic) bond motifs is 3. The average molecular weight is 422 g/mol. The maximum absolute atomic E-state index is 11.4. The molecule has 3 unspecified atom stereocenters. The van der Waals surface area contributed by atoms with E-state index in [0.29, 0.717) is 11.8 Å². The molecule has 1 saturated carbocycles. The molecule has 0 saturated heterocycles. The fraction of sp³-hybridized carbons (Fsp3) is 0.480. The van der Waals surface area contributed by atoms with Gasteiger partial charge >= 0.3 is 0 Å². The van der Waals surface area contributed by atoms with Crippen molar-refractivity contribution in [2.24, 2.45) is 11.8 Å². The number of imidazole rings is 1. The molecule has 0 aliphatic heterocycles. The average Bonchev–Trinajstić information content (AvgIpc) is 3.42. The predicted molar refractivity (Wildman–Crippen MR) is 125 cm³/mol. The molecule has 158 valence electrons. The quantitative estimate of drug-likeness (QED) is 0.530. The first-order valence-electron chi connectivity index (χ1n) is 11.2. The summed E-state index contributed by atoms with van der Waals surface area (Å²) >= 11 is 1.83. The Balaban J connectivity index is 1.12. The smallest absolute Gasteiger partial charge is 0.107 e. The number of aromatic nitrogens is 2. The van der Waals surface area contributed by atoms with Crippen LogP contribution in [0.15, 0.2) is 47.9 Å². The highest BCUT2D eigenvalue weighted by molar-refractivity contribution is 7.11. The molecule has 2 N–H and O–H groups in total. The molecular weight excluding hydrogens is 390 g/mol. The molecule has 0 spiro atoms. The second-order valence-electron chi connectivity index (χ2n) is 9.15. The third kappa shape index (κ3) is 3.98. The Morgan fingerprint density at radius 1 is 1.20 bits per heavy atom. The summed E-state index contributed by atoms with van der Waals surface area (Å²) in [6.07, 6.45) is 8.57. The van der Waals surface area contributed by atoms with Crippen LogP contribution in [0.2, 0.25) is 0 Å². The molecule has 30 heavy (non-hydrogen) atoms. The van der Waals surface area contributed by atoms with E-state index in [1.807, 2.05) is 23.5 Å². The largest absolute Gasteiger partial charge is 0.389 e. The SMILES string of the molecule is CN(CCCc1nc2ccccc2[nH]1)CCC1(O)CC2CCC1C=C2c1cccs1. The van der Waals surface area contributed by atoms with Gasteiger partial charge in [-0.25, -0.2) is 4.98 Å². The van der Waals surface area contributed by atoms with Crippen LogP contribution < -0.4 is 0 Å². The van der Waals surface area contributed by atoms with Gasteiger partial charge in [-0.05, 0) is 80.8 Å². The van der Waals surface area contributed by atoms with Crippen molar-refractivity contribution in [3.8, 4) is 0 Å². The summed E-state index contributed by atoms with van der Waals surface area (Å²) in [5.41, 5.74) is 3.12. The lowest BCUT2D eigenvalue weighted by Crippen LogP contribution is -2.47. The number of thiophene rings is 1. The molecule has 3 aromatic rings. The number of para-hydroxylation sites is 2. The molecule has 1 aromatic carbocycles. The van der Waals surface area contributed by atoms with Crippen LogP contribution in [0.3, 0.4) is 0 Å². The van der Waals surface area contributed by atoms with Crippen molar-refractivity contribution in [1.82, 2.24) is 14.9 Å². The van der Waals surface area contributed by atoms with Crippen molar-refractivity contribution in [1.29, 1.82) is 0 Å². The zero-order valence-electron chi connectivity index (χ0n) is 17.7. The van der Waals surface area contributed by atoms with Crippen LogP contribution in [-0.2, 0) is 6.42 Å². The first-order valence-corrected chi connectivity index (χ1v) is 12.1. The van der Waals surface area contributed by atoms with Crippen molar-refractivity contribution in [3.63, 3.8) is 0 Å². The van der Waals surface area contributed by atoms with Crippen molar-refractivity contribution >= 4 is 27.9 Å². The summed E-state index contributed by atoms with van der Waals surface area (Å²) in [6, 6.07) is 12.6. The monoisotopic (exact) mass is 421 g/mol. The van der Waals surface area contributed by atoms with Crippen LogP contribution in [0.25, 0.3) is 16.6 Å². The van der Waals surface area contributed by atoms with E-state index in [-0.39, 0.29) is 0 Å². The summed E-state index contributed by atoms with van der Waals surface area (Å²) in [4.78, 5) is 11.9. The number of aliphatic hydroxyl groups is 1. The third-order valence-corrected chi connectivity index (χ3v) is 7.98. The van der Waals surface area contributed by atoms with Crippen LogP contribution >= 0.6 is 11.3 Å². The molecule has 6 rings (SSSR count). The molecule has 4 nitrogen and oxygen atoms in total. The van der Waals surface area contributed by atoms with Crippen LogP contribution in [0, 0.1) is 11.8 Å². The summed E-state index contributed by atoms with van der Waals surface area (Å²) < 4.78 is 0. The minimum atomic E-state index is -0.531. The highest BCUT2D eigenvalue weighted by atomic mass is 32.1. The van der Waals surface area contributed by atoms with Crippen molar-refractivity contribution in [3.05, 3.63) is 58.6 Å². The van der Waals surface area contributed by atoms with Gasteiger partial charge in [0.25, 0.3) is 0 Å². The number of allylic oxidation sites excluding steroid dienone is 1. The Morgan fingerprint density at radius 2 is 2.10 bits per heavy atom. The van der Waals surface area contributed by atoms with Crippen LogP contribution in [0.4, 0.5) is 0 Å². The highest BCUT2D eigenvalue weighted by Gasteiger charge is 2.46. The Kier molecular flexibility index (Phi) is 5.52. The lowest BCUT2D eigenvalue weighted by Gasteiger charge is -2.48. The van der Waals surface area contributed by atoms with Gasteiger partial charge in [0.2, 0.25) is 0 Å². The topological polar surface area (TPSA) is 52.2 Å². The summed E-state index contributed by atoms with van der Waals surface area (Å²) in [5.74, 6) is 1.90. The van der Waals surface area contributed by atoms with E-state index in [2.05, 4.69) is 57.6 Å². The first kappa shape index (κ1) is 20.0. The molecule has 0 radical (unpaired) electrons. The number of H-pyrrole nitrogens is 1. The first-order chi connectivity index (χ1) is 14.6. The van der Waals surface area contributed by atoms with Crippen LogP contribution in [0.5, 0.6) is 0 Å². The van der Waals surface area contributed by atoms with E-state index < -0.39 is 5.60 Å². The minimum Gasteiger partial charge on any atom is -0.389 e. The van der Waals surface area contributed by atoms with E-state index in [1.165, 1.54) is 16.9 Å². The van der Waals surface area contributed by atoms with E-state index in [1.54, 1.807) is 0 Å². The van der Waals surface area contributed by atoms with E-state index in [4.69, 9.17) is 0 Å². The summed E-state index contributed by atoms with van der Waals surface area (Å²) in [7, 11) is 2.18. The standard InChI is InChI=1S/C25H31N3OS/c1-28(13-4-9-24-26-21-6-2-3-7-22(21)27-24)14-12-25(29)17-18-10-11-19(25)16-20(18)23-8-5-15-30-23/h2-3,5-8,15-16,18-19,29H,4,9-14,17H2,1H3,(H,26,27). The number of benzene rings is 1. The Hall–Kier alpha value is -1.95. The second-order valence-corrected chi connectivity index (χ2v) is 10.1. The number of rotatable bonds is 8. The van der Waals surface area contributed by atoms with Gasteiger partial charge in [-0.1, -0.05) is 24.3 Å². The predicted octanol–water partition coefficient (Wildman–Crippen LogP) is 5.12. The van der Waals surface area contributed by atoms with Crippen molar-refractivity contribution < 1.29 is 5.11 Å². The van der Waals surface area contributed by atoms with E-state index in [0.717, 1.165) is 62.1 Å². The lowest BCUT2D eigenvalue weighted by atomic mass is 9.62.